The highest BCUT2D eigenvalue weighted by Crippen LogP contribution is 2.18. The van der Waals surface area contributed by atoms with Gasteiger partial charge in [-0.25, -0.2) is 0 Å². The van der Waals surface area contributed by atoms with Crippen LogP contribution in [-0.4, -0.2) is 16.6 Å². The van der Waals surface area contributed by atoms with Gasteiger partial charge in [0.15, 0.2) is 0 Å². The molecule has 2 heteroatoms. The zero-order valence-electron chi connectivity index (χ0n) is 8.16. The molecule has 0 fully saturated rings. The standard InChI is InChI=1S/C11H16OS/c1-3-13-8-11(12)10-6-4-9(2)5-7-10/h4-7,11-12H,3,8H2,1-2H3. The molecule has 0 heterocycles. The van der Waals surface area contributed by atoms with Crippen LogP contribution in [0.4, 0.5) is 0 Å². The Kier molecular flexibility index (Phi) is 4.33. The lowest BCUT2D eigenvalue weighted by atomic mass is 10.1. The molecule has 13 heavy (non-hydrogen) atoms. The molecule has 0 radical (unpaired) electrons. The van der Waals surface area contributed by atoms with E-state index >= 15 is 0 Å². The molecule has 1 nitrogen and oxygen atoms in total. The molecule has 1 aromatic rings. The second-order valence-corrected chi connectivity index (χ2v) is 4.40. The molecule has 0 saturated heterocycles. The first kappa shape index (κ1) is 10.6. The Morgan fingerprint density at radius 3 is 2.46 bits per heavy atom. The van der Waals surface area contributed by atoms with Gasteiger partial charge in [0, 0.05) is 5.75 Å². The van der Waals surface area contributed by atoms with Crippen molar-refractivity contribution in [3.8, 4) is 0 Å². The molecule has 1 N–H and O–H groups in total. The fourth-order valence-electron chi connectivity index (χ4n) is 1.11. The fourth-order valence-corrected chi connectivity index (χ4v) is 1.77. The van der Waals surface area contributed by atoms with Crippen molar-refractivity contribution in [1.29, 1.82) is 0 Å². The Morgan fingerprint density at radius 2 is 1.92 bits per heavy atom. The van der Waals surface area contributed by atoms with Crippen molar-refractivity contribution in [3.63, 3.8) is 0 Å². The van der Waals surface area contributed by atoms with E-state index in [1.807, 2.05) is 24.3 Å². The summed E-state index contributed by atoms with van der Waals surface area (Å²) < 4.78 is 0. The molecule has 0 saturated carbocycles. The summed E-state index contributed by atoms with van der Waals surface area (Å²) in [6, 6.07) is 8.07. The Balaban J connectivity index is 2.55. The molecular weight excluding hydrogens is 180 g/mol. The number of thioether (sulfide) groups is 1. The normalized spacial score (nSPS) is 12.8. The van der Waals surface area contributed by atoms with Gasteiger partial charge in [-0.3, -0.25) is 0 Å². The lowest BCUT2D eigenvalue weighted by Gasteiger charge is -2.09. The first-order valence-electron chi connectivity index (χ1n) is 4.56. The van der Waals surface area contributed by atoms with E-state index in [1.54, 1.807) is 11.8 Å². The Bertz CT molecular complexity index is 243. The van der Waals surface area contributed by atoms with Crippen molar-refractivity contribution >= 4 is 11.8 Å². The molecule has 1 unspecified atom stereocenters. The van der Waals surface area contributed by atoms with Crippen LogP contribution in [-0.2, 0) is 0 Å². The van der Waals surface area contributed by atoms with Crippen LogP contribution in [0.1, 0.15) is 24.2 Å². The predicted molar refractivity (Wildman–Crippen MR) is 59.1 cm³/mol. The summed E-state index contributed by atoms with van der Waals surface area (Å²) in [4.78, 5) is 0. The largest absolute Gasteiger partial charge is 0.388 e. The average molecular weight is 196 g/mol. The van der Waals surface area contributed by atoms with Crippen LogP contribution in [0.3, 0.4) is 0 Å². The second kappa shape index (κ2) is 5.30. The maximum Gasteiger partial charge on any atom is 0.0880 e. The van der Waals surface area contributed by atoms with Crippen LogP contribution in [0.25, 0.3) is 0 Å². The third-order valence-electron chi connectivity index (χ3n) is 1.94. The van der Waals surface area contributed by atoms with Crippen LogP contribution >= 0.6 is 11.8 Å². The lowest BCUT2D eigenvalue weighted by molar-refractivity contribution is 0.204. The number of aliphatic hydroxyl groups excluding tert-OH is 1. The van der Waals surface area contributed by atoms with Gasteiger partial charge in [-0.15, -0.1) is 0 Å². The van der Waals surface area contributed by atoms with Gasteiger partial charge in [-0.05, 0) is 18.2 Å². The number of aryl methyl sites for hydroxylation is 1. The van der Waals surface area contributed by atoms with E-state index in [1.165, 1.54) is 5.56 Å². The molecule has 0 aliphatic rings. The smallest absolute Gasteiger partial charge is 0.0880 e. The number of aliphatic hydroxyl groups is 1. The Labute approximate surface area is 84.2 Å². The van der Waals surface area contributed by atoms with Crippen molar-refractivity contribution in [2.75, 3.05) is 11.5 Å². The zero-order chi connectivity index (χ0) is 9.68. The van der Waals surface area contributed by atoms with Crippen LogP contribution in [0.2, 0.25) is 0 Å². The van der Waals surface area contributed by atoms with Gasteiger partial charge >= 0.3 is 0 Å². The van der Waals surface area contributed by atoms with Gasteiger partial charge in [-0.2, -0.15) is 11.8 Å². The van der Waals surface area contributed by atoms with Crippen LogP contribution in [0.5, 0.6) is 0 Å². The molecule has 1 rings (SSSR count). The molecule has 0 amide bonds. The first-order valence-corrected chi connectivity index (χ1v) is 5.72. The van der Waals surface area contributed by atoms with Gasteiger partial charge < -0.3 is 5.11 Å². The highest BCUT2D eigenvalue weighted by atomic mass is 32.2. The van der Waals surface area contributed by atoms with Gasteiger partial charge in [0.2, 0.25) is 0 Å². The predicted octanol–water partition coefficient (Wildman–Crippen LogP) is 2.78. The third-order valence-corrected chi connectivity index (χ3v) is 2.90. The van der Waals surface area contributed by atoms with Crippen LogP contribution < -0.4 is 0 Å². The summed E-state index contributed by atoms with van der Waals surface area (Å²) >= 11 is 1.77. The van der Waals surface area contributed by atoms with Crippen molar-refractivity contribution < 1.29 is 5.11 Å². The van der Waals surface area contributed by atoms with Gasteiger partial charge in [-0.1, -0.05) is 36.8 Å². The maximum absolute atomic E-state index is 9.72. The first-order chi connectivity index (χ1) is 6.24. The van der Waals surface area contributed by atoms with Crippen molar-refractivity contribution in [3.05, 3.63) is 35.4 Å². The Morgan fingerprint density at radius 1 is 1.31 bits per heavy atom. The highest BCUT2D eigenvalue weighted by Gasteiger charge is 2.05. The summed E-state index contributed by atoms with van der Waals surface area (Å²) in [7, 11) is 0. The molecule has 72 valence electrons. The van der Waals surface area contributed by atoms with E-state index in [9.17, 15) is 5.11 Å². The summed E-state index contributed by atoms with van der Waals surface area (Å²) in [5.74, 6) is 1.85. The molecule has 1 atom stereocenters. The molecule has 0 aromatic heterocycles. The quantitative estimate of drug-likeness (QED) is 0.799. The summed E-state index contributed by atoms with van der Waals surface area (Å²) in [6.07, 6.45) is -0.314. The minimum atomic E-state index is -0.314. The number of hydrogen-bond acceptors (Lipinski definition) is 2. The lowest BCUT2D eigenvalue weighted by Crippen LogP contribution is -2.00. The van der Waals surface area contributed by atoms with Crippen LogP contribution in [0, 0.1) is 6.92 Å². The molecular formula is C11H16OS. The van der Waals surface area contributed by atoms with Gasteiger partial charge in [0.05, 0.1) is 6.10 Å². The minimum absolute atomic E-state index is 0.314. The van der Waals surface area contributed by atoms with Gasteiger partial charge in [0.1, 0.15) is 0 Å². The van der Waals surface area contributed by atoms with Crippen molar-refractivity contribution in [2.24, 2.45) is 0 Å². The highest BCUT2D eigenvalue weighted by molar-refractivity contribution is 7.99. The number of hydrogen-bond donors (Lipinski definition) is 1. The Hall–Kier alpha value is -0.470. The van der Waals surface area contributed by atoms with E-state index < -0.39 is 0 Å². The molecule has 1 aromatic carbocycles. The second-order valence-electron chi connectivity index (χ2n) is 3.09. The van der Waals surface area contributed by atoms with E-state index in [2.05, 4.69) is 13.8 Å². The molecule has 0 bridgehead atoms. The van der Waals surface area contributed by atoms with Crippen molar-refractivity contribution in [2.45, 2.75) is 20.0 Å². The van der Waals surface area contributed by atoms with E-state index in [4.69, 9.17) is 0 Å². The summed E-state index contributed by atoms with van der Waals surface area (Å²) in [5.41, 5.74) is 2.26. The summed E-state index contributed by atoms with van der Waals surface area (Å²) in [5, 5.41) is 9.72. The monoisotopic (exact) mass is 196 g/mol. The van der Waals surface area contributed by atoms with E-state index in [0.717, 1.165) is 17.1 Å². The fraction of sp³-hybridized carbons (Fsp3) is 0.455. The SMILES string of the molecule is CCSCC(O)c1ccc(C)cc1. The molecule has 0 aliphatic carbocycles. The molecule has 0 spiro atoms. The van der Waals surface area contributed by atoms with Gasteiger partial charge in [0.25, 0.3) is 0 Å². The van der Waals surface area contributed by atoms with Crippen molar-refractivity contribution in [1.82, 2.24) is 0 Å². The van der Waals surface area contributed by atoms with E-state index in [-0.39, 0.29) is 6.10 Å². The average Bonchev–Trinajstić information content (AvgIpc) is 2.15. The summed E-state index contributed by atoms with van der Waals surface area (Å²) in [6.45, 7) is 4.16. The zero-order valence-corrected chi connectivity index (χ0v) is 8.97. The number of rotatable bonds is 4. The number of benzene rings is 1. The maximum atomic E-state index is 9.72. The third kappa shape index (κ3) is 3.41. The molecule has 0 aliphatic heterocycles. The van der Waals surface area contributed by atoms with E-state index in [0.29, 0.717) is 0 Å². The minimum Gasteiger partial charge on any atom is -0.388 e. The van der Waals surface area contributed by atoms with Crippen LogP contribution in [0.15, 0.2) is 24.3 Å². The topological polar surface area (TPSA) is 20.2 Å².